The van der Waals surface area contributed by atoms with Crippen LogP contribution in [-0.4, -0.2) is 60.5 Å². The van der Waals surface area contributed by atoms with Crippen LogP contribution in [-0.2, 0) is 22.3 Å². The van der Waals surface area contributed by atoms with Gasteiger partial charge in [-0.15, -0.1) is 0 Å². The molecule has 1 saturated heterocycles. The lowest BCUT2D eigenvalue weighted by Gasteiger charge is -2.24. The first kappa shape index (κ1) is 16.4. The van der Waals surface area contributed by atoms with Crippen LogP contribution in [0.25, 0.3) is 11.5 Å². The molecule has 4 rings (SSSR count). The summed E-state index contributed by atoms with van der Waals surface area (Å²) in [7, 11) is 0. The van der Waals surface area contributed by atoms with Gasteiger partial charge in [-0.05, 0) is 25.1 Å². The summed E-state index contributed by atoms with van der Waals surface area (Å²) < 4.78 is 11.2. The normalized spacial score (nSPS) is 20.6. The number of ether oxygens (including phenoxy) is 2. The molecule has 7 nitrogen and oxygen atoms in total. The Kier molecular flexibility index (Phi) is 5.15. The predicted molar refractivity (Wildman–Crippen MR) is 94.6 cm³/mol. The highest BCUT2D eigenvalue weighted by molar-refractivity contribution is 5.57. The number of nitrogens with zero attached hydrogens (tertiary/aromatic N) is 3. The molecule has 0 aromatic carbocycles. The van der Waals surface area contributed by atoms with Crippen molar-refractivity contribution >= 4 is 5.82 Å². The molecule has 2 aliphatic rings. The summed E-state index contributed by atoms with van der Waals surface area (Å²) in [6.07, 6.45) is 3.64. The number of fused-ring (bicyclic) bond motifs is 1. The summed E-state index contributed by atoms with van der Waals surface area (Å²) in [5, 5.41) is 6.90. The summed E-state index contributed by atoms with van der Waals surface area (Å²) in [6, 6.07) is 5.80. The number of hydrogen-bond acceptors (Lipinski definition) is 7. The molecule has 2 aromatic heterocycles. The van der Waals surface area contributed by atoms with Crippen LogP contribution in [0.3, 0.4) is 0 Å². The number of nitrogens with one attached hydrogen (secondary N) is 2. The quantitative estimate of drug-likeness (QED) is 0.860. The van der Waals surface area contributed by atoms with Gasteiger partial charge in [0.1, 0.15) is 11.5 Å². The molecule has 0 saturated carbocycles. The maximum atomic E-state index is 5.73. The molecule has 2 N–H and O–H groups in total. The minimum atomic E-state index is 0.0570. The lowest BCUT2D eigenvalue weighted by atomic mass is 10.1. The summed E-state index contributed by atoms with van der Waals surface area (Å²) in [5.41, 5.74) is 3.09. The van der Waals surface area contributed by atoms with Gasteiger partial charge in [-0.25, -0.2) is 9.97 Å². The molecule has 1 unspecified atom stereocenters. The third-order valence-corrected chi connectivity index (χ3v) is 4.46. The van der Waals surface area contributed by atoms with E-state index in [9.17, 15) is 0 Å². The van der Waals surface area contributed by atoms with E-state index in [0.717, 1.165) is 43.1 Å². The highest BCUT2D eigenvalue weighted by Gasteiger charge is 2.20. The van der Waals surface area contributed by atoms with E-state index in [4.69, 9.17) is 19.4 Å². The van der Waals surface area contributed by atoms with Gasteiger partial charge < -0.3 is 20.1 Å². The van der Waals surface area contributed by atoms with Crippen LogP contribution >= 0.6 is 0 Å². The van der Waals surface area contributed by atoms with Crippen molar-refractivity contribution in [1.29, 1.82) is 0 Å². The van der Waals surface area contributed by atoms with Crippen LogP contribution in [0.1, 0.15) is 11.3 Å². The predicted octanol–water partition coefficient (Wildman–Crippen LogP) is 1.05. The minimum absolute atomic E-state index is 0.0570. The van der Waals surface area contributed by atoms with Crippen molar-refractivity contribution in [2.24, 2.45) is 0 Å². The average molecular weight is 341 g/mol. The van der Waals surface area contributed by atoms with E-state index in [-0.39, 0.29) is 6.10 Å². The van der Waals surface area contributed by atoms with Crippen LogP contribution in [0.5, 0.6) is 0 Å². The van der Waals surface area contributed by atoms with Crippen molar-refractivity contribution in [2.75, 3.05) is 44.8 Å². The molecule has 0 aliphatic carbocycles. The van der Waals surface area contributed by atoms with Crippen molar-refractivity contribution in [3.63, 3.8) is 0 Å². The summed E-state index contributed by atoms with van der Waals surface area (Å²) in [6.45, 7) is 4.50. The lowest BCUT2D eigenvalue weighted by Crippen LogP contribution is -2.34. The lowest BCUT2D eigenvalue weighted by molar-refractivity contribution is -0.0819. The van der Waals surface area contributed by atoms with Gasteiger partial charge >= 0.3 is 0 Å². The molecule has 7 heteroatoms. The fourth-order valence-electron chi connectivity index (χ4n) is 3.17. The van der Waals surface area contributed by atoms with E-state index < -0.39 is 0 Å². The highest BCUT2D eigenvalue weighted by atomic mass is 16.6. The Bertz CT molecular complexity index is 704. The van der Waals surface area contributed by atoms with Gasteiger partial charge in [-0.1, -0.05) is 6.07 Å². The Hall–Kier alpha value is -2.09. The number of aromatic nitrogens is 3. The van der Waals surface area contributed by atoms with Crippen molar-refractivity contribution in [3.8, 4) is 11.5 Å². The van der Waals surface area contributed by atoms with E-state index in [0.29, 0.717) is 32.2 Å². The van der Waals surface area contributed by atoms with Crippen LogP contribution in [0.4, 0.5) is 5.82 Å². The summed E-state index contributed by atoms with van der Waals surface area (Å²) >= 11 is 0. The first-order valence-electron chi connectivity index (χ1n) is 8.85. The monoisotopic (exact) mass is 341 g/mol. The molecular formula is C18H23N5O2. The van der Waals surface area contributed by atoms with E-state index in [1.54, 1.807) is 6.20 Å². The molecule has 1 atom stereocenters. The second kappa shape index (κ2) is 7.86. The zero-order valence-electron chi connectivity index (χ0n) is 14.2. The molecule has 0 bridgehead atoms. The molecule has 2 aliphatic heterocycles. The summed E-state index contributed by atoms with van der Waals surface area (Å²) in [4.78, 5) is 14.0. The highest BCUT2D eigenvalue weighted by Crippen LogP contribution is 2.23. The third kappa shape index (κ3) is 3.95. The number of anilines is 1. The van der Waals surface area contributed by atoms with Gasteiger partial charge in [0.05, 0.1) is 31.6 Å². The molecule has 0 amide bonds. The Morgan fingerprint density at radius 2 is 2.12 bits per heavy atom. The SMILES string of the molecule is c1ccc(-c2nc3c(c(NCC4COCCO4)n2)CCNCC3)nc1. The number of rotatable bonds is 4. The van der Waals surface area contributed by atoms with Crippen LogP contribution in [0.15, 0.2) is 24.4 Å². The Morgan fingerprint density at radius 1 is 1.16 bits per heavy atom. The van der Waals surface area contributed by atoms with Crippen molar-refractivity contribution in [2.45, 2.75) is 18.9 Å². The van der Waals surface area contributed by atoms with Crippen molar-refractivity contribution in [1.82, 2.24) is 20.3 Å². The zero-order valence-corrected chi connectivity index (χ0v) is 14.2. The van der Waals surface area contributed by atoms with Crippen molar-refractivity contribution < 1.29 is 9.47 Å². The maximum absolute atomic E-state index is 5.73. The van der Waals surface area contributed by atoms with Gasteiger partial charge in [0.25, 0.3) is 0 Å². The van der Waals surface area contributed by atoms with Gasteiger partial charge in [0.2, 0.25) is 0 Å². The van der Waals surface area contributed by atoms with E-state index in [1.165, 1.54) is 5.56 Å². The van der Waals surface area contributed by atoms with Crippen LogP contribution < -0.4 is 10.6 Å². The molecule has 0 radical (unpaired) electrons. The maximum Gasteiger partial charge on any atom is 0.180 e. The van der Waals surface area contributed by atoms with E-state index in [2.05, 4.69) is 15.6 Å². The first-order valence-corrected chi connectivity index (χ1v) is 8.85. The van der Waals surface area contributed by atoms with Gasteiger partial charge in [-0.3, -0.25) is 4.98 Å². The average Bonchev–Trinajstić information content (AvgIpc) is 2.93. The molecule has 132 valence electrons. The number of pyridine rings is 1. The van der Waals surface area contributed by atoms with Crippen LogP contribution in [0, 0.1) is 0 Å². The second-order valence-electron chi connectivity index (χ2n) is 6.23. The molecular weight excluding hydrogens is 318 g/mol. The molecule has 2 aromatic rings. The number of hydrogen-bond donors (Lipinski definition) is 2. The van der Waals surface area contributed by atoms with Gasteiger partial charge in [0, 0.05) is 31.3 Å². The van der Waals surface area contributed by atoms with E-state index in [1.807, 2.05) is 18.2 Å². The smallest absolute Gasteiger partial charge is 0.180 e. The Labute approximate surface area is 147 Å². The fourth-order valence-corrected chi connectivity index (χ4v) is 3.17. The van der Waals surface area contributed by atoms with E-state index >= 15 is 0 Å². The molecule has 1 fully saturated rings. The van der Waals surface area contributed by atoms with Crippen LogP contribution in [0.2, 0.25) is 0 Å². The molecule has 25 heavy (non-hydrogen) atoms. The Balaban J connectivity index is 1.62. The van der Waals surface area contributed by atoms with Gasteiger partial charge in [-0.2, -0.15) is 0 Å². The largest absolute Gasteiger partial charge is 0.376 e. The topological polar surface area (TPSA) is 81.2 Å². The van der Waals surface area contributed by atoms with Crippen molar-refractivity contribution in [3.05, 3.63) is 35.7 Å². The zero-order chi connectivity index (χ0) is 16.9. The fraction of sp³-hybridized carbons (Fsp3) is 0.500. The van der Waals surface area contributed by atoms with Gasteiger partial charge in [0.15, 0.2) is 5.82 Å². The minimum Gasteiger partial charge on any atom is -0.376 e. The second-order valence-corrected chi connectivity index (χ2v) is 6.23. The third-order valence-electron chi connectivity index (χ3n) is 4.46. The molecule has 4 heterocycles. The summed E-state index contributed by atoms with van der Waals surface area (Å²) in [5.74, 6) is 1.56. The first-order chi connectivity index (χ1) is 12.4. The standard InChI is InChI=1S/C18H23N5O2/c1-2-6-20-16(3-1)18-22-15-5-8-19-7-4-14(15)17(23-18)21-11-13-12-24-9-10-25-13/h1-3,6,13,19H,4-5,7-12H2,(H,21,22,23). The molecule has 0 spiro atoms. The Morgan fingerprint density at radius 3 is 2.96 bits per heavy atom.